The lowest BCUT2D eigenvalue weighted by Crippen LogP contribution is -2.41. The molecule has 0 radical (unpaired) electrons. The summed E-state index contributed by atoms with van der Waals surface area (Å²) in [5.41, 5.74) is 0. The molecule has 0 saturated carbocycles. The first-order chi connectivity index (χ1) is 6.09. The number of hydrogen-bond acceptors (Lipinski definition) is 4. The Bertz CT molecular complexity index is 176. The maximum absolute atomic E-state index is 10.1. The van der Waals surface area contributed by atoms with E-state index in [4.69, 9.17) is 0 Å². The second kappa shape index (κ2) is 4.41. The van der Waals surface area contributed by atoms with E-state index in [-0.39, 0.29) is 6.10 Å². The maximum atomic E-state index is 10.1. The third-order valence-electron chi connectivity index (χ3n) is 2.44. The number of piperidine rings is 1. The predicted molar refractivity (Wildman–Crippen MR) is 47.8 cm³/mol. The SMILES string of the molecule is CC(C)N1CCC(O[N+](=O)[O-])CC1. The first-order valence-electron chi connectivity index (χ1n) is 4.65. The van der Waals surface area contributed by atoms with Gasteiger partial charge in [-0.05, 0) is 26.7 Å². The minimum absolute atomic E-state index is 0.190. The molecule has 0 N–H and O–H groups in total. The summed E-state index contributed by atoms with van der Waals surface area (Å²) >= 11 is 0. The van der Waals surface area contributed by atoms with Gasteiger partial charge in [0.05, 0.1) is 0 Å². The van der Waals surface area contributed by atoms with Crippen LogP contribution in [0.2, 0.25) is 0 Å². The molecule has 0 bridgehead atoms. The van der Waals surface area contributed by atoms with Crippen molar-refractivity contribution in [2.24, 2.45) is 0 Å². The molecule has 0 aromatic heterocycles. The first-order valence-corrected chi connectivity index (χ1v) is 4.65. The number of rotatable bonds is 3. The summed E-state index contributed by atoms with van der Waals surface area (Å²) in [6, 6.07) is 0.525. The van der Waals surface area contributed by atoms with Crippen LogP contribution < -0.4 is 0 Å². The van der Waals surface area contributed by atoms with E-state index in [1.165, 1.54) is 0 Å². The van der Waals surface area contributed by atoms with E-state index in [1.54, 1.807) is 0 Å². The van der Waals surface area contributed by atoms with Gasteiger partial charge in [0, 0.05) is 19.1 Å². The Kier molecular flexibility index (Phi) is 3.48. The highest BCUT2D eigenvalue weighted by Crippen LogP contribution is 2.15. The van der Waals surface area contributed by atoms with E-state index < -0.39 is 5.09 Å². The van der Waals surface area contributed by atoms with Gasteiger partial charge >= 0.3 is 0 Å². The van der Waals surface area contributed by atoms with E-state index in [2.05, 4.69) is 23.6 Å². The molecular weight excluding hydrogens is 172 g/mol. The van der Waals surface area contributed by atoms with Crippen molar-refractivity contribution in [3.63, 3.8) is 0 Å². The van der Waals surface area contributed by atoms with E-state index >= 15 is 0 Å². The summed E-state index contributed by atoms with van der Waals surface area (Å²) in [5.74, 6) is 0. The van der Waals surface area contributed by atoms with Gasteiger partial charge in [-0.3, -0.25) is 0 Å². The Labute approximate surface area is 77.8 Å². The van der Waals surface area contributed by atoms with Crippen LogP contribution in [0.25, 0.3) is 0 Å². The zero-order valence-corrected chi connectivity index (χ0v) is 8.10. The molecule has 0 atom stereocenters. The molecule has 1 aliphatic heterocycles. The highest BCUT2D eigenvalue weighted by molar-refractivity contribution is 4.73. The Balaban J connectivity index is 2.26. The molecule has 5 nitrogen and oxygen atoms in total. The van der Waals surface area contributed by atoms with Gasteiger partial charge in [-0.25, -0.2) is 0 Å². The molecule has 1 rings (SSSR count). The van der Waals surface area contributed by atoms with E-state index in [0.29, 0.717) is 6.04 Å². The summed E-state index contributed by atoms with van der Waals surface area (Å²) in [6.45, 7) is 6.07. The van der Waals surface area contributed by atoms with Crippen LogP contribution in [0, 0.1) is 10.1 Å². The van der Waals surface area contributed by atoms with Crippen LogP contribution in [-0.2, 0) is 4.84 Å². The van der Waals surface area contributed by atoms with Crippen LogP contribution in [0.4, 0.5) is 0 Å². The quantitative estimate of drug-likeness (QED) is 0.491. The Morgan fingerprint density at radius 3 is 2.38 bits per heavy atom. The summed E-state index contributed by atoms with van der Waals surface area (Å²) in [7, 11) is 0. The maximum Gasteiger partial charge on any atom is 0.294 e. The average molecular weight is 188 g/mol. The van der Waals surface area contributed by atoms with Crippen molar-refractivity contribution in [1.82, 2.24) is 4.90 Å². The van der Waals surface area contributed by atoms with E-state index in [1.807, 2.05) is 0 Å². The van der Waals surface area contributed by atoms with Gasteiger partial charge in [-0.15, -0.1) is 10.1 Å². The molecule has 0 spiro atoms. The molecule has 76 valence electrons. The van der Waals surface area contributed by atoms with Crippen LogP contribution in [0.1, 0.15) is 26.7 Å². The van der Waals surface area contributed by atoms with Crippen LogP contribution in [0.3, 0.4) is 0 Å². The molecule has 0 aliphatic carbocycles. The lowest BCUT2D eigenvalue weighted by Gasteiger charge is -2.33. The second-order valence-electron chi connectivity index (χ2n) is 3.66. The molecule has 1 saturated heterocycles. The average Bonchev–Trinajstić information content (AvgIpc) is 2.04. The Morgan fingerprint density at radius 2 is 2.00 bits per heavy atom. The van der Waals surface area contributed by atoms with Gasteiger partial charge in [-0.2, -0.15) is 0 Å². The monoisotopic (exact) mass is 188 g/mol. The molecule has 0 amide bonds. The van der Waals surface area contributed by atoms with Crippen molar-refractivity contribution in [3.8, 4) is 0 Å². The fourth-order valence-corrected chi connectivity index (χ4v) is 1.62. The minimum Gasteiger partial charge on any atom is -0.310 e. The Morgan fingerprint density at radius 1 is 1.46 bits per heavy atom. The van der Waals surface area contributed by atoms with Gasteiger partial charge in [0.2, 0.25) is 0 Å². The number of likely N-dealkylation sites (tertiary alicyclic amines) is 1. The van der Waals surface area contributed by atoms with Gasteiger partial charge < -0.3 is 9.74 Å². The summed E-state index contributed by atoms with van der Waals surface area (Å²) in [6.07, 6.45) is 1.34. The molecular formula is C8H16N2O3. The van der Waals surface area contributed by atoms with Gasteiger partial charge in [0.1, 0.15) is 6.10 Å². The zero-order chi connectivity index (χ0) is 9.84. The Hall–Kier alpha value is -0.840. The van der Waals surface area contributed by atoms with Crippen LogP contribution in [0.15, 0.2) is 0 Å². The lowest BCUT2D eigenvalue weighted by molar-refractivity contribution is -0.769. The molecule has 0 aromatic carbocycles. The van der Waals surface area contributed by atoms with Crippen LogP contribution in [0.5, 0.6) is 0 Å². The topological polar surface area (TPSA) is 55.6 Å². The lowest BCUT2D eigenvalue weighted by atomic mass is 10.1. The summed E-state index contributed by atoms with van der Waals surface area (Å²) in [5, 5.41) is 9.37. The van der Waals surface area contributed by atoms with E-state index in [9.17, 15) is 10.1 Å². The van der Waals surface area contributed by atoms with Crippen molar-refractivity contribution in [1.29, 1.82) is 0 Å². The second-order valence-corrected chi connectivity index (χ2v) is 3.66. The van der Waals surface area contributed by atoms with Crippen molar-refractivity contribution in [2.75, 3.05) is 13.1 Å². The van der Waals surface area contributed by atoms with Crippen molar-refractivity contribution < 1.29 is 9.92 Å². The van der Waals surface area contributed by atoms with E-state index in [0.717, 1.165) is 25.9 Å². The molecule has 0 aromatic rings. The van der Waals surface area contributed by atoms with Crippen molar-refractivity contribution >= 4 is 0 Å². The van der Waals surface area contributed by atoms with Gasteiger partial charge in [-0.1, -0.05) is 0 Å². The molecule has 5 heteroatoms. The predicted octanol–water partition coefficient (Wildman–Crippen LogP) is 1.07. The highest BCUT2D eigenvalue weighted by atomic mass is 17.0. The third kappa shape index (κ3) is 3.18. The molecule has 1 aliphatic rings. The van der Waals surface area contributed by atoms with Crippen molar-refractivity contribution in [2.45, 2.75) is 38.8 Å². The van der Waals surface area contributed by atoms with Crippen molar-refractivity contribution in [3.05, 3.63) is 10.1 Å². The first kappa shape index (κ1) is 10.2. The van der Waals surface area contributed by atoms with Crippen LogP contribution in [-0.4, -0.2) is 35.2 Å². The smallest absolute Gasteiger partial charge is 0.294 e. The van der Waals surface area contributed by atoms with Crippen LogP contribution >= 0.6 is 0 Å². The summed E-state index contributed by atoms with van der Waals surface area (Å²) < 4.78 is 0. The number of hydrogen-bond donors (Lipinski definition) is 0. The number of nitrogens with zero attached hydrogens (tertiary/aromatic N) is 2. The minimum atomic E-state index is -0.685. The summed E-state index contributed by atoms with van der Waals surface area (Å²) in [4.78, 5) is 16.9. The molecule has 1 fully saturated rings. The van der Waals surface area contributed by atoms with Gasteiger partial charge in [0.25, 0.3) is 5.09 Å². The largest absolute Gasteiger partial charge is 0.310 e. The highest BCUT2D eigenvalue weighted by Gasteiger charge is 2.22. The normalized spacial score (nSPS) is 20.5. The molecule has 1 heterocycles. The van der Waals surface area contributed by atoms with Gasteiger partial charge in [0.15, 0.2) is 0 Å². The molecule has 13 heavy (non-hydrogen) atoms. The fourth-order valence-electron chi connectivity index (χ4n) is 1.62. The zero-order valence-electron chi connectivity index (χ0n) is 8.10. The third-order valence-corrected chi connectivity index (χ3v) is 2.44. The standard InChI is InChI=1S/C8H16N2O3/c1-7(2)9-5-3-8(4-6-9)13-10(11)12/h7-8H,3-6H2,1-2H3. The molecule has 0 unspecified atom stereocenters. The fraction of sp³-hybridized carbons (Fsp3) is 1.00.